The first-order chi connectivity index (χ1) is 9.79. The minimum absolute atomic E-state index is 0.109. The molecule has 20 heavy (non-hydrogen) atoms. The van der Waals surface area contributed by atoms with Gasteiger partial charge in [0.2, 0.25) is 5.91 Å². The van der Waals surface area contributed by atoms with E-state index in [9.17, 15) is 9.90 Å². The van der Waals surface area contributed by atoms with Gasteiger partial charge in [-0.15, -0.1) is 0 Å². The highest BCUT2D eigenvalue weighted by Gasteiger charge is 2.23. The molecule has 4 heteroatoms. The Morgan fingerprint density at radius 1 is 1.15 bits per heavy atom. The van der Waals surface area contributed by atoms with E-state index in [-0.39, 0.29) is 24.3 Å². The standard InChI is InChI=1S/C16H29NO3/c18-12-14(10-13-4-2-1-3-5-13)11-17-16(19)15-6-8-20-9-7-15/h13-15,18H,1-12H2,(H,17,19). The second kappa shape index (κ2) is 8.63. The van der Waals surface area contributed by atoms with Crippen LogP contribution in [-0.2, 0) is 9.53 Å². The van der Waals surface area contributed by atoms with Crippen molar-refractivity contribution in [3.8, 4) is 0 Å². The fourth-order valence-corrected chi connectivity index (χ4v) is 3.47. The zero-order chi connectivity index (χ0) is 14.2. The third-order valence-electron chi connectivity index (χ3n) is 4.81. The smallest absolute Gasteiger partial charge is 0.223 e. The highest BCUT2D eigenvalue weighted by molar-refractivity contribution is 5.78. The van der Waals surface area contributed by atoms with E-state index in [2.05, 4.69) is 5.32 Å². The molecule has 1 amide bonds. The molecular weight excluding hydrogens is 254 g/mol. The predicted molar refractivity (Wildman–Crippen MR) is 78.3 cm³/mol. The number of hydrogen-bond acceptors (Lipinski definition) is 3. The van der Waals surface area contributed by atoms with Gasteiger partial charge >= 0.3 is 0 Å². The van der Waals surface area contributed by atoms with Gasteiger partial charge in [0.15, 0.2) is 0 Å². The molecule has 0 aromatic rings. The number of nitrogens with one attached hydrogen (secondary N) is 1. The summed E-state index contributed by atoms with van der Waals surface area (Å²) in [6.45, 7) is 2.21. The summed E-state index contributed by atoms with van der Waals surface area (Å²) in [5.41, 5.74) is 0. The normalized spacial score (nSPS) is 23.4. The maximum Gasteiger partial charge on any atom is 0.223 e. The number of amides is 1. The molecule has 2 N–H and O–H groups in total. The van der Waals surface area contributed by atoms with Crippen LogP contribution >= 0.6 is 0 Å². The van der Waals surface area contributed by atoms with Crippen LogP contribution in [0, 0.1) is 17.8 Å². The van der Waals surface area contributed by atoms with Gasteiger partial charge in [-0.25, -0.2) is 0 Å². The van der Waals surface area contributed by atoms with Crippen LogP contribution in [0.4, 0.5) is 0 Å². The lowest BCUT2D eigenvalue weighted by Gasteiger charge is -2.27. The summed E-state index contributed by atoms with van der Waals surface area (Å²) in [5.74, 6) is 1.23. The molecule has 1 unspecified atom stereocenters. The maximum atomic E-state index is 12.1. The molecule has 0 bridgehead atoms. The quantitative estimate of drug-likeness (QED) is 0.785. The fourth-order valence-electron chi connectivity index (χ4n) is 3.47. The number of aliphatic hydroxyl groups excluding tert-OH is 1. The van der Waals surface area contributed by atoms with Crippen LogP contribution in [0.15, 0.2) is 0 Å². The van der Waals surface area contributed by atoms with Gasteiger partial charge in [0.25, 0.3) is 0 Å². The summed E-state index contributed by atoms with van der Waals surface area (Å²) in [5, 5.41) is 12.5. The van der Waals surface area contributed by atoms with Crippen molar-refractivity contribution >= 4 is 5.91 Å². The molecule has 1 heterocycles. The molecule has 0 aromatic heterocycles. The van der Waals surface area contributed by atoms with Crippen molar-refractivity contribution in [3.05, 3.63) is 0 Å². The molecule has 1 saturated heterocycles. The summed E-state index contributed by atoms with van der Waals surface area (Å²) in [6, 6.07) is 0. The van der Waals surface area contributed by atoms with Crippen LogP contribution in [0.5, 0.6) is 0 Å². The molecule has 1 saturated carbocycles. The molecule has 0 aromatic carbocycles. The van der Waals surface area contributed by atoms with Crippen molar-refractivity contribution < 1.29 is 14.6 Å². The van der Waals surface area contributed by atoms with E-state index in [1.54, 1.807) is 0 Å². The summed E-state index contributed by atoms with van der Waals surface area (Å²) in [4.78, 5) is 12.1. The molecule has 0 spiro atoms. The third-order valence-corrected chi connectivity index (χ3v) is 4.81. The summed E-state index contributed by atoms with van der Waals surface area (Å²) < 4.78 is 5.28. The number of carbonyl (C=O) groups excluding carboxylic acids is 1. The Morgan fingerprint density at radius 2 is 1.85 bits per heavy atom. The number of aliphatic hydroxyl groups is 1. The van der Waals surface area contributed by atoms with E-state index in [0.717, 1.165) is 25.2 Å². The minimum atomic E-state index is 0.109. The lowest BCUT2D eigenvalue weighted by molar-refractivity contribution is -0.128. The van der Waals surface area contributed by atoms with Gasteiger partial charge in [0, 0.05) is 32.3 Å². The van der Waals surface area contributed by atoms with E-state index < -0.39 is 0 Å². The van der Waals surface area contributed by atoms with Crippen LogP contribution in [0.25, 0.3) is 0 Å². The largest absolute Gasteiger partial charge is 0.396 e. The van der Waals surface area contributed by atoms with Gasteiger partial charge in [-0.1, -0.05) is 32.1 Å². The number of carbonyl (C=O) groups is 1. The van der Waals surface area contributed by atoms with Crippen molar-refractivity contribution in [2.24, 2.45) is 17.8 Å². The summed E-state index contributed by atoms with van der Waals surface area (Å²) in [7, 11) is 0. The number of rotatable bonds is 6. The Labute approximate surface area is 122 Å². The van der Waals surface area contributed by atoms with Crippen LogP contribution in [0.2, 0.25) is 0 Å². The van der Waals surface area contributed by atoms with Crippen molar-refractivity contribution in [1.82, 2.24) is 5.32 Å². The summed E-state index contributed by atoms with van der Waals surface area (Å²) in [6.07, 6.45) is 9.34. The third kappa shape index (κ3) is 5.06. The monoisotopic (exact) mass is 283 g/mol. The SMILES string of the molecule is O=C(NCC(CO)CC1CCCCC1)C1CCOCC1. The van der Waals surface area contributed by atoms with Crippen molar-refractivity contribution in [2.75, 3.05) is 26.4 Å². The Morgan fingerprint density at radius 3 is 2.50 bits per heavy atom. The first-order valence-corrected chi connectivity index (χ1v) is 8.26. The van der Waals surface area contributed by atoms with Crippen molar-refractivity contribution in [2.45, 2.75) is 51.4 Å². The molecule has 1 atom stereocenters. The minimum Gasteiger partial charge on any atom is -0.396 e. The van der Waals surface area contributed by atoms with Crippen molar-refractivity contribution in [1.29, 1.82) is 0 Å². The lowest BCUT2D eigenvalue weighted by atomic mass is 9.83. The van der Waals surface area contributed by atoms with Gasteiger partial charge in [-0.2, -0.15) is 0 Å². The average molecular weight is 283 g/mol. The molecule has 0 radical (unpaired) electrons. The molecule has 1 aliphatic heterocycles. The van der Waals surface area contributed by atoms with Gasteiger partial charge in [0.05, 0.1) is 0 Å². The zero-order valence-corrected chi connectivity index (χ0v) is 12.5. The second-order valence-electron chi connectivity index (χ2n) is 6.42. The molecule has 2 aliphatic rings. The van der Waals surface area contributed by atoms with E-state index in [0.29, 0.717) is 19.8 Å². The number of ether oxygens (including phenoxy) is 1. The van der Waals surface area contributed by atoms with E-state index in [4.69, 9.17) is 4.74 Å². The molecule has 2 rings (SSSR count). The Hall–Kier alpha value is -0.610. The molecule has 4 nitrogen and oxygen atoms in total. The topological polar surface area (TPSA) is 58.6 Å². The van der Waals surface area contributed by atoms with E-state index in [1.807, 2.05) is 0 Å². The summed E-state index contributed by atoms with van der Waals surface area (Å²) >= 11 is 0. The first-order valence-electron chi connectivity index (χ1n) is 8.26. The van der Waals surface area contributed by atoms with Crippen LogP contribution in [-0.4, -0.2) is 37.4 Å². The van der Waals surface area contributed by atoms with E-state index in [1.165, 1.54) is 32.1 Å². The van der Waals surface area contributed by atoms with Crippen LogP contribution in [0.3, 0.4) is 0 Å². The van der Waals surface area contributed by atoms with Gasteiger partial charge in [-0.3, -0.25) is 4.79 Å². The Bertz CT molecular complexity index is 283. The average Bonchev–Trinajstić information content (AvgIpc) is 2.53. The zero-order valence-electron chi connectivity index (χ0n) is 12.5. The van der Waals surface area contributed by atoms with Gasteiger partial charge < -0.3 is 15.2 Å². The van der Waals surface area contributed by atoms with Crippen LogP contribution < -0.4 is 5.32 Å². The fraction of sp³-hybridized carbons (Fsp3) is 0.938. The maximum absolute atomic E-state index is 12.1. The molecular formula is C16H29NO3. The van der Waals surface area contributed by atoms with E-state index >= 15 is 0 Å². The second-order valence-corrected chi connectivity index (χ2v) is 6.42. The molecule has 2 fully saturated rings. The molecule has 116 valence electrons. The number of hydrogen-bond donors (Lipinski definition) is 2. The predicted octanol–water partition coefficient (Wildman–Crippen LogP) is 2.11. The highest BCUT2D eigenvalue weighted by atomic mass is 16.5. The van der Waals surface area contributed by atoms with Crippen LogP contribution in [0.1, 0.15) is 51.4 Å². The lowest BCUT2D eigenvalue weighted by Crippen LogP contribution is -2.38. The highest BCUT2D eigenvalue weighted by Crippen LogP contribution is 2.28. The molecule has 1 aliphatic carbocycles. The van der Waals surface area contributed by atoms with Gasteiger partial charge in [-0.05, 0) is 31.1 Å². The van der Waals surface area contributed by atoms with Gasteiger partial charge in [0.1, 0.15) is 0 Å². The first kappa shape index (κ1) is 15.8. The Kier molecular flexibility index (Phi) is 6.80. The Balaban J connectivity index is 1.68. The van der Waals surface area contributed by atoms with Crippen molar-refractivity contribution in [3.63, 3.8) is 0 Å².